The van der Waals surface area contributed by atoms with Crippen LogP contribution in [0.1, 0.15) is 68.4 Å². The van der Waals surface area contributed by atoms with Crippen LogP contribution in [0, 0.1) is 0 Å². The summed E-state index contributed by atoms with van der Waals surface area (Å²) in [6.07, 6.45) is -25.3. The highest BCUT2D eigenvalue weighted by Crippen LogP contribution is 2.03. The smallest absolute Gasteiger partial charge is 0.210 e. The van der Waals surface area contributed by atoms with Crippen LogP contribution >= 0.6 is 0 Å². The van der Waals surface area contributed by atoms with E-state index in [4.69, 9.17) is 24.7 Å². The van der Waals surface area contributed by atoms with Gasteiger partial charge in [0.05, 0.1) is 2.74 Å². The molecule has 0 unspecified atom stereocenters. The number of hydrogen-bond donors (Lipinski definition) is 1. The molecule has 1 nitrogen and oxygen atoms in total. The van der Waals surface area contributed by atoms with Crippen LogP contribution in [-0.4, -0.2) is 13.1 Å². The summed E-state index contributed by atoms with van der Waals surface area (Å²) >= 11 is 0. The summed E-state index contributed by atoms with van der Waals surface area (Å²) in [5, 5.41) is 3.43. The Morgan fingerprint density at radius 3 is 2.89 bits per heavy atom. The molecule has 0 aliphatic rings. The molecule has 0 saturated carbocycles. The zero-order valence-electron chi connectivity index (χ0n) is 22.4. The lowest BCUT2D eigenvalue weighted by Crippen LogP contribution is -1.82. The zero-order chi connectivity index (χ0) is 22.7. The monoisotopic (exact) mass is 148 g/mol. The highest BCUT2D eigenvalue weighted by molar-refractivity contribution is 4.41. The molecule has 0 aliphatic carbocycles. The van der Waals surface area contributed by atoms with Gasteiger partial charge in [0.1, 0.15) is 0 Å². The Morgan fingerprint density at radius 1 is 1.33 bits per heavy atom. The van der Waals surface area contributed by atoms with Crippen molar-refractivity contribution in [1.29, 1.82) is 1.43 Å². The first-order valence-electron chi connectivity index (χ1n) is 10.9. The molecular formula is C8H18O. The third kappa shape index (κ3) is 7.96. The van der Waals surface area contributed by atoms with Crippen molar-refractivity contribution in [3.8, 4) is 0 Å². The maximum Gasteiger partial charge on any atom is 0.210 e. The topological polar surface area (TPSA) is 20.2 Å². The molecule has 1 N–H and O–H groups in total. The summed E-state index contributed by atoms with van der Waals surface area (Å²) in [7, 11) is 0. The largest absolute Gasteiger partial charge is 0.396 e. The van der Waals surface area contributed by atoms with Gasteiger partial charge in [0.2, 0.25) is 1.43 Å². The van der Waals surface area contributed by atoms with Crippen LogP contribution in [0.3, 0.4) is 0 Å². The average Bonchev–Trinajstić information content (AvgIpc) is 2.44. The van der Waals surface area contributed by atoms with E-state index in [1.54, 1.807) is 0 Å². The molecule has 0 bridgehead atoms. The molecule has 0 fully saturated rings. The third-order valence-corrected chi connectivity index (χ3v) is 0.364. The molecule has 0 spiro atoms. The second kappa shape index (κ2) is 7.96. The molecule has 0 aromatic rings. The van der Waals surface area contributed by atoms with Crippen LogP contribution in [-0.2, 0) is 0 Å². The first-order chi connectivity index (χ1) is 11.3. The lowest BCUT2D eigenvalue weighted by atomic mass is 10.1. The van der Waals surface area contributed by atoms with Gasteiger partial charge in [0.15, 0.2) is 0 Å². The predicted octanol–water partition coefficient (Wildman–Crippen LogP) is 2.34. The van der Waals surface area contributed by atoms with Crippen molar-refractivity contribution in [3.05, 3.63) is 0 Å². The van der Waals surface area contributed by atoms with Crippen LogP contribution < -0.4 is 0 Å². The second-order valence-electron chi connectivity index (χ2n) is 0.852. The fraction of sp³-hybridized carbons (Fsp3) is 1.00. The van der Waals surface area contributed by atoms with E-state index in [0.29, 0.717) is 0 Å². The fourth-order valence-electron chi connectivity index (χ4n) is 0.151. The van der Waals surface area contributed by atoms with Crippen LogP contribution in [0.5, 0.6) is 0 Å². The molecule has 0 amide bonds. The van der Waals surface area contributed by atoms with Crippen LogP contribution in [0.4, 0.5) is 0 Å². The van der Waals surface area contributed by atoms with E-state index in [1.807, 2.05) is 0 Å². The standard InChI is InChI=1S/C8H18O/c1-2-3-4-5-6-7-8-9/h9H,2-8H2,1H3/i1D3,2D2,3D2,4D2,5D2,6D2,7D2,8D2,9D. The molecule has 0 rings (SSSR count). The summed E-state index contributed by atoms with van der Waals surface area (Å²) in [5.74, 6) is 0. The first-order valence-corrected chi connectivity index (χ1v) is 1.95. The maximum atomic E-state index is 7.69. The Kier molecular flexibility index (Phi) is 0.745. The summed E-state index contributed by atoms with van der Waals surface area (Å²) in [6.45, 7) is -7.62. The van der Waals surface area contributed by atoms with Gasteiger partial charge in [-0.05, 0) is 6.37 Å². The highest BCUT2D eigenvalue weighted by atomic mass is 16.2. The molecule has 0 aromatic carbocycles. The Morgan fingerprint density at radius 2 is 2.11 bits per heavy atom. The molecule has 0 saturated heterocycles. The minimum absolute atomic E-state index is 3.43. The summed E-state index contributed by atoms with van der Waals surface area (Å²) in [4.78, 5) is 0. The predicted molar refractivity (Wildman–Crippen MR) is 40.5 cm³/mol. The van der Waals surface area contributed by atoms with Crippen molar-refractivity contribution in [1.82, 2.24) is 0 Å². The van der Waals surface area contributed by atoms with Crippen molar-refractivity contribution < 1.29 is 28.4 Å². The van der Waals surface area contributed by atoms with Gasteiger partial charge in [-0.1, -0.05) is 38.7 Å². The van der Waals surface area contributed by atoms with Crippen molar-refractivity contribution >= 4 is 0 Å². The van der Waals surface area contributed by atoms with E-state index >= 15 is 0 Å². The van der Waals surface area contributed by atoms with E-state index in [2.05, 4.69) is 5.11 Å². The van der Waals surface area contributed by atoms with Gasteiger partial charge in [-0.25, -0.2) is 0 Å². The number of rotatable bonds is 7. The van der Waals surface area contributed by atoms with Crippen LogP contribution in [0.25, 0.3) is 0 Å². The van der Waals surface area contributed by atoms with Gasteiger partial charge < -0.3 is 5.11 Å². The number of aliphatic hydroxyl groups is 1. The molecule has 56 valence electrons. The molecule has 0 aliphatic heterocycles. The summed E-state index contributed by atoms with van der Waals surface area (Å²) in [5.41, 5.74) is 0. The Bertz CT molecular complexity index is 542. The molecular weight excluding hydrogens is 112 g/mol. The second-order valence-corrected chi connectivity index (χ2v) is 0.852. The van der Waals surface area contributed by atoms with Gasteiger partial charge in [-0.3, -0.25) is 0 Å². The third-order valence-electron chi connectivity index (χ3n) is 0.364. The average molecular weight is 148 g/mol. The minimum Gasteiger partial charge on any atom is -0.396 e. The van der Waals surface area contributed by atoms with Gasteiger partial charge in [-0.2, -0.15) is 0 Å². The van der Waals surface area contributed by atoms with Crippen molar-refractivity contribution in [2.45, 2.75) is 45.1 Å². The van der Waals surface area contributed by atoms with E-state index in [9.17, 15) is 0 Å². The van der Waals surface area contributed by atoms with Crippen LogP contribution in [0.2, 0.25) is 0 Å². The highest BCUT2D eigenvalue weighted by Gasteiger charge is 1.86. The lowest BCUT2D eigenvalue weighted by molar-refractivity contribution is 0.282. The van der Waals surface area contributed by atoms with Gasteiger partial charge >= 0.3 is 0 Å². The minimum atomic E-state index is -4.34. The molecule has 0 radical (unpaired) electrons. The lowest BCUT2D eigenvalue weighted by Gasteiger charge is -1.95. The quantitative estimate of drug-likeness (QED) is 0.587. The number of hydrogen-bond acceptors (Lipinski definition) is 1. The summed E-state index contributed by atoms with van der Waals surface area (Å²) in [6, 6.07) is 0. The SMILES string of the molecule is [2H]OC([2H])([2H])C([2H])([2H])C([2H])([2H])C([2H])([2H])C([2H])([2H])C([2H])([2H])C([2H])([2H])C([2H])([2H])[2H]. The summed E-state index contributed by atoms with van der Waals surface area (Å²) < 4.78 is 133. The van der Waals surface area contributed by atoms with E-state index in [0.717, 1.165) is 0 Å². The molecule has 0 heterocycles. The van der Waals surface area contributed by atoms with Crippen LogP contribution in [0.15, 0.2) is 0 Å². The van der Waals surface area contributed by atoms with E-state index in [1.165, 1.54) is 0 Å². The molecule has 1 heteroatoms. The molecule has 9 heavy (non-hydrogen) atoms. The fourth-order valence-corrected chi connectivity index (χ4v) is 0.151. The Hall–Kier alpha value is -0.0400. The van der Waals surface area contributed by atoms with Gasteiger partial charge in [-0.15, -0.1) is 0 Å². The van der Waals surface area contributed by atoms with Gasteiger partial charge in [0.25, 0.3) is 0 Å². The first kappa shape index (κ1) is 0.842. The molecule has 0 aromatic heterocycles. The van der Waals surface area contributed by atoms with Gasteiger partial charge in [0, 0.05) is 27.1 Å². The van der Waals surface area contributed by atoms with Crippen molar-refractivity contribution in [2.75, 3.05) is 6.56 Å². The Labute approximate surface area is 83.5 Å². The van der Waals surface area contributed by atoms with E-state index in [-0.39, 0.29) is 0 Å². The zero-order valence-corrected chi connectivity index (χ0v) is 4.41. The van der Waals surface area contributed by atoms with Crippen molar-refractivity contribution in [3.63, 3.8) is 0 Å². The van der Waals surface area contributed by atoms with E-state index < -0.39 is 51.6 Å². The molecule has 0 atom stereocenters. The van der Waals surface area contributed by atoms with Crippen molar-refractivity contribution in [2.24, 2.45) is 0 Å². The Balaban J connectivity index is 6.65. The maximum absolute atomic E-state index is 7.69. The normalized spacial score (nSPS) is 52.0.